The number of phenols is 1. The third-order valence-electron chi connectivity index (χ3n) is 6.64. The minimum Gasteiger partial charge on any atom is -0.508 e. The van der Waals surface area contributed by atoms with Crippen molar-refractivity contribution in [2.75, 3.05) is 32.9 Å². The van der Waals surface area contributed by atoms with E-state index in [2.05, 4.69) is 4.90 Å². The second kappa shape index (κ2) is 10.9. The maximum absolute atomic E-state index is 13.6. The number of rotatable bonds is 10. The minimum absolute atomic E-state index is 0.104. The first-order valence-corrected chi connectivity index (χ1v) is 13.3. The number of aryl methyl sites for hydroxylation is 2. The molecule has 1 aliphatic heterocycles. The van der Waals surface area contributed by atoms with Gasteiger partial charge in [0.2, 0.25) is 5.78 Å². The number of likely N-dealkylation sites (tertiary alicyclic amines) is 1. The highest BCUT2D eigenvalue weighted by Gasteiger charge is 2.26. The number of halogens is 1. The molecule has 5 rings (SSSR count). The maximum Gasteiger partial charge on any atom is 0.207 e. The van der Waals surface area contributed by atoms with E-state index >= 15 is 0 Å². The van der Waals surface area contributed by atoms with E-state index in [1.807, 2.05) is 56.3 Å². The first kappa shape index (κ1) is 25.2. The van der Waals surface area contributed by atoms with Gasteiger partial charge in [-0.1, -0.05) is 23.8 Å². The van der Waals surface area contributed by atoms with E-state index in [0.717, 1.165) is 53.0 Å². The number of ketones is 1. The van der Waals surface area contributed by atoms with E-state index in [9.17, 15) is 14.3 Å². The van der Waals surface area contributed by atoms with Crippen LogP contribution in [0.5, 0.6) is 23.0 Å². The number of thiophene rings is 1. The van der Waals surface area contributed by atoms with Gasteiger partial charge in [0.1, 0.15) is 22.1 Å². The van der Waals surface area contributed by atoms with Crippen molar-refractivity contribution in [2.24, 2.45) is 5.92 Å². The number of carbonyl (C=O) groups is 1. The number of hydrogen-bond donors (Lipinski definition) is 1. The van der Waals surface area contributed by atoms with Gasteiger partial charge in [-0.15, -0.1) is 11.3 Å². The van der Waals surface area contributed by atoms with Crippen LogP contribution in [0.15, 0.2) is 60.7 Å². The van der Waals surface area contributed by atoms with Crippen LogP contribution in [0.2, 0.25) is 0 Å². The van der Waals surface area contributed by atoms with Gasteiger partial charge in [0.05, 0.1) is 13.3 Å². The predicted molar refractivity (Wildman–Crippen MR) is 145 cm³/mol. The van der Waals surface area contributed by atoms with Gasteiger partial charge in [-0.3, -0.25) is 9.18 Å². The van der Waals surface area contributed by atoms with Crippen molar-refractivity contribution >= 4 is 27.2 Å². The van der Waals surface area contributed by atoms with Crippen LogP contribution in [-0.4, -0.2) is 48.7 Å². The van der Waals surface area contributed by atoms with Crippen molar-refractivity contribution in [3.8, 4) is 23.0 Å². The minimum atomic E-state index is -0.230. The highest BCUT2D eigenvalue weighted by atomic mass is 32.1. The molecule has 192 valence electrons. The lowest BCUT2D eigenvalue weighted by molar-refractivity contribution is 0.0755. The molecule has 7 heteroatoms. The summed E-state index contributed by atoms with van der Waals surface area (Å²) in [6, 6.07) is 18.2. The van der Waals surface area contributed by atoms with E-state index in [4.69, 9.17) is 9.47 Å². The Morgan fingerprint density at radius 2 is 1.81 bits per heavy atom. The second-order valence-electron chi connectivity index (χ2n) is 9.64. The van der Waals surface area contributed by atoms with Crippen LogP contribution >= 0.6 is 11.3 Å². The lowest BCUT2D eigenvalue weighted by Crippen LogP contribution is -2.48. The third kappa shape index (κ3) is 5.63. The van der Waals surface area contributed by atoms with Crippen molar-refractivity contribution in [1.82, 2.24) is 4.90 Å². The predicted octanol–water partition coefficient (Wildman–Crippen LogP) is 6.92. The number of carbonyl (C=O) groups excluding carboxylic acids is 1. The van der Waals surface area contributed by atoms with Gasteiger partial charge >= 0.3 is 0 Å². The Morgan fingerprint density at radius 3 is 2.54 bits per heavy atom. The summed E-state index contributed by atoms with van der Waals surface area (Å²) in [5.74, 6) is 2.06. The van der Waals surface area contributed by atoms with E-state index in [1.54, 1.807) is 18.2 Å². The van der Waals surface area contributed by atoms with Gasteiger partial charge in [0.25, 0.3) is 0 Å². The van der Waals surface area contributed by atoms with Gasteiger partial charge in [0.15, 0.2) is 5.75 Å². The number of hydrogen-bond acceptors (Lipinski definition) is 6. The molecule has 0 amide bonds. The van der Waals surface area contributed by atoms with Crippen molar-refractivity contribution in [3.63, 3.8) is 0 Å². The Hall–Kier alpha value is -3.42. The molecule has 1 aromatic heterocycles. The Labute approximate surface area is 220 Å². The smallest absolute Gasteiger partial charge is 0.207 e. The number of benzene rings is 3. The Balaban J connectivity index is 1.30. The summed E-state index contributed by atoms with van der Waals surface area (Å²) in [6.07, 6.45) is 0.884. The fraction of sp³-hybridized carbons (Fsp3) is 0.300. The topological polar surface area (TPSA) is 59.0 Å². The molecule has 0 bridgehead atoms. The van der Waals surface area contributed by atoms with Gasteiger partial charge in [-0.25, -0.2) is 0 Å². The molecule has 3 aromatic carbocycles. The average Bonchev–Trinajstić information content (AvgIpc) is 3.20. The lowest BCUT2D eigenvalue weighted by atomic mass is 10.0. The Bertz CT molecular complexity index is 1410. The first-order valence-electron chi connectivity index (χ1n) is 12.5. The SMILES string of the molecule is Cc1ccc(C(=O)c2sc3cc(O)ccc3c2Oc2ccc(OCCCN3CC(CF)C3)cc2)c(C)c1. The van der Waals surface area contributed by atoms with Crippen molar-refractivity contribution in [2.45, 2.75) is 20.3 Å². The van der Waals surface area contributed by atoms with E-state index in [0.29, 0.717) is 28.5 Å². The zero-order chi connectivity index (χ0) is 25.9. The fourth-order valence-electron chi connectivity index (χ4n) is 4.66. The fourth-order valence-corrected chi connectivity index (χ4v) is 5.78. The van der Waals surface area contributed by atoms with E-state index in [1.165, 1.54) is 11.3 Å². The van der Waals surface area contributed by atoms with Crippen LogP contribution in [0.25, 0.3) is 10.1 Å². The normalized spacial score (nSPS) is 14.0. The van der Waals surface area contributed by atoms with E-state index < -0.39 is 0 Å². The lowest BCUT2D eigenvalue weighted by Gasteiger charge is -2.37. The Kier molecular flexibility index (Phi) is 7.44. The molecule has 1 aliphatic rings. The second-order valence-corrected chi connectivity index (χ2v) is 10.7. The molecular formula is C30H30FNO4S. The summed E-state index contributed by atoms with van der Waals surface area (Å²) in [5, 5.41) is 10.8. The van der Waals surface area contributed by atoms with Gasteiger partial charge in [0, 0.05) is 41.2 Å². The largest absolute Gasteiger partial charge is 0.508 e. The molecule has 1 fully saturated rings. The molecule has 4 aromatic rings. The highest BCUT2D eigenvalue weighted by Crippen LogP contribution is 2.43. The van der Waals surface area contributed by atoms with Crippen LogP contribution in [-0.2, 0) is 0 Å². The summed E-state index contributed by atoms with van der Waals surface area (Å²) < 4.78 is 25.5. The van der Waals surface area contributed by atoms with Gasteiger partial charge in [-0.2, -0.15) is 0 Å². The standard InChI is InChI=1S/C30H30FNO4S/c1-19-4-10-25(20(2)14-19)28(34)30-29(26-11-5-22(33)15-27(26)37-30)36-24-8-6-23(7-9-24)35-13-3-12-32-17-21(16-31)18-32/h4-11,14-15,21,33H,3,12-13,16-18H2,1-2H3. The van der Waals surface area contributed by atoms with Crippen LogP contribution < -0.4 is 9.47 Å². The molecule has 0 radical (unpaired) electrons. The molecule has 5 nitrogen and oxygen atoms in total. The van der Waals surface area contributed by atoms with Crippen LogP contribution in [0.4, 0.5) is 4.39 Å². The molecule has 0 spiro atoms. The number of phenolic OH excluding ortho intramolecular Hbond substituents is 1. The summed E-state index contributed by atoms with van der Waals surface area (Å²) in [6.45, 7) is 6.89. The molecule has 0 atom stereocenters. The summed E-state index contributed by atoms with van der Waals surface area (Å²) >= 11 is 1.32. The number of fused-ring (bicyclic) bond motifs is 1. The number of nitrogens with zero attached hydrogens (tertiary/aromatic N) is 1. The van der Waals surface area contributed by atoms with Crippen LogP contribution in [0.1, 0.15) is 32.8 Å². The van der Waals surface area contributed by atoms with Gasteiger partial charge < -0.3 is 19.5 Å². The highest BCUT2D eigenvalue weighted by molar-refractivity contribution is 7.21. The number of ether oxygens (including phenoxy) is 2. The summed E-state index contributed by atoms with van der Waals surface area (Å²) in [7, 11) is 0. The number of aromatic hydroxyl groups is 1. The van der Waals surface area contributed by atoms with Crippen molar-refractivity contribution in [1.29, 1.82) is 0 Å². The molecule has 2 heterocycles. The molecule has 37 heavy (non-hydrogen) atoms. The zero-order valence-electron chi connectivity index (χ0n) is 21.0. The summed E-state index contributed by atoms with van der Waals surface area (Å²) in [5.41, 5.74) is 2.64. The molecular weight excluding hydrogens is 489 g/mol. The van der Waals surface area contributed by atoms with Gasteiger partial charge in [-0.05, 0) is 68.3 Å². The molecule has 0 unspecified atom stereocenters. The quantitative estimate of drug-likeness (QED) is 0.182. The van der Waals surface area contributed by atoms with Crippen LogP contribution in [0, 0.1) is 19.8 Å². The van der Waals surface area contributed by atoms with E-state index in [-0.39, 0.29) is 24.1 Å². The molecule has 1 saturated heterocycles. The van der Waals surface area contributed by atoms with Crippen molar-refractivity contribution < 1.29 is 23.8 Å². The molecule has 0 aliphatic carbocycles. The molecule has 1 N–H and O–H groups in total. The summed E-state index contributed by atoms with van der Waals surface area (Å²) in [4.78, 5) is 16.3. The number of alkyl halides is 1. The first-order chi connectivity index (χ1) is 17.9. The third-order valence-corrected chi connectivity index (χ3v) is 7.78. The average molecular weight is 520 g/mol. The Morgan fingerprint density at radius 1 is 1.05 bits per heavy atom. The van der Waals surface area contributed by atoms with Crippen molar-refractivity contribution in [3.05, 3.63) is 82.2 Å². The maximum atomic E-state index is 13.6. The van der Waals surface area contributed by atoms with Crippen LogP contribution in [0.3, 0.4) is 0 Å². The zero-order valence-corrected chi connectivity index (χ0v) is 21.8. The monoisotopic (exact) mass is 519 g/mol. The molecule has 0 saturated carbocycles.